The van der Waals surface area contributed by atoms with Crippen LogP contribution >= 0.6 is 22.9 Å². The molecule has 1 aromatic carbocycles. The second-order valence-electron chi connectivity index (χ2n) is 9.98. The summed E-state index contributed by atoms with van der Waals surface area (Å²) in [5.74, 6) is 0.897. The number of aromatic amines is 1. The fourth-order valence-corrected chi connectivity index (χ4v) is 9.16. The average Bonchev–Trinajstić information content (AvgIpc) is 3.42. The lowest BCUT2D eigenvalue weighted by Crippen LogP contribution is -2.65. The maximum atomic E-state index is 13.7. The summed E-state index contributed by atoms with van der Waals surface area (Å²) in [6.45, 7) is 4.80. The van der Waals surface area contributed by atoms with Gasteiger partial charge in [-0.25, -0.2) is 8.42 Å². The van der Waals surface area contributed by atoms with Crippen LogP contribution in [0.2, 0.25) is 5.02 Å². The minimum absolute atomic E-state index is 0.0408. The number of aromatic nitrogens is 1. The molecule has 3 N–H and O–H groups in total. The predicted octanol–water partition coefficient (Wildman–Crippen LogP) is 5.34. The highest BCUT2D eigenvalue weighted by Crippen LogP contribution is 2.46. The molecule has 2 atom stereocenters. The Morgan fingerprint density at radius 3 is 2.69 bits per heavy atom. The maximum Gasteiger partial charge on any atom is 0.165 e. The summed E-state index contributed by atoms with van der Waals surface area (Å²) >= 11 is 8.14. The van der Waals surface area contributed by atoms with Crippen LogP contribution in [0.15, 0.2) is 30.3 Å². The third-order valence-corrected chi connectivity index (χ3v) is 11.9. The predicted molar refractivity (Wildman–Crippen MR) is 142 cm³/mol. The molecule has 2 fully saturated rings. The van der Waals surface area contributed by atoms with Crippen molar-refractivity contribution < 1.29 is 17.9 Å². The summed E-state index contributed by atoms with van der Waals surface area (Å²) in [6, 6.07) is 9.73. The molecule has 2 saturated heterocycles. The van der Waals surface area contributed by atoms with E-state index >= 15 is 0 Å². The Labute approximate surface area is 214 Å². The zero-order chi connectivity index (χ0) is 25.0. The number of halogens is 1. The first-order chi connectivity index (χ1) is 16.6. The molecule has 3 aromatic rings. The molecule has 4 heterocycles. The van der Waals surface area contributed by atoms with E-state index in [0.29, 0.717) is 29.5 Å². The second kappa shape index (κ2) is 8.80. The molecular weight excluding hydrogens is 506 g/mol. The van der Waals surface area contributed by atoms with Gasteiger partial charge in [0.05, 0.1) is 44.4 Å². The molecular formula is C25H30ClN3O4S2. The third kappa shape index (κ3) is 4.16. The first-order valence-electron chi connectivity index (χ1n) is 11.7. The summed E-state index contributed by atoms with van der Waals surface area (Å²) in [4.78, 5) is 5.01. The molecule has 0 radical (unpaired) electrons. The van der Waals surface area contributed by atoms with Crippen molar-refractivity contribution in [3.8, 4) is 16.3 Å². The topological polar surface area (TPSA) is 104 Å². The molecule has 2 aromatic heterocycles. The van der Waals surface area contributed by atoms with Gasteiger partial charge in [-0.1, -0.05) is 23.7 Å². The van der Waals surface area contributed by atoms with E-state index in [2.05, 4.69) is 10.3 Å². The number of nitrogens with one attached hydrogen (secondary N) is 3. The number of hydrogen-bond acceptors (Lipinski definition) is 6. The average molecular weight is 536 g/mol. The van der Waals surface area contributed by atoms with Crippen LogP contribution in [0.4, 0.5) is 0 Å². The van der Waals surface area contributed by atoms with Gasteiger partial charge in [0, 0.05) is 18.6 Å². The third-order valence-electron chi connectivity index (χ3n) is 7.41. The van der Waals surface area contributed by atoms with Crippen LogP contribution in [0, 0.1) is 11.3 Å². The summed E-state index contributed by atoms with van der Waals surface area (Å²) in [7, 11) is -2.00. The normalized spacial score (nSPS) is 27.1. The van der Waals surface area contributed by atoms with Crippen molar-refractivity contribution in [1.82, 2.24) is 10.3 Å². The molecule has 0 saturated carbocycles. The largest absolute Gasteiger partial charge is 0.495 e. The Balaban J connectivity index is 1.47. The van der Waals surface area contributed by atoms with Gasteiger partial charge in [-0.3, -0.25) is 5.41 Å². The Hall–Kier alpha value is -2.07. The number of para-hydroxylation sites is 1. The van der Waals surface area contributed by atoms with Gasteiger partial charge in [0.2, 0.25) is 0 Å². The quantitative estimate of drug-likeness (QED) is 0.409. The lowest BCUT2D eigenvalue weighted by Gasteiger charge is -2.45. The molecule has 0 spiro atoms. The van der Waals surface area contributed by atoms with Crippen LogP contribution in [-0.4, -0.2) is 50.1 Å². The molecule has 188 valence electrons. The van der Waals surface area contributed by atoms with Gasteiger partial charge in [-0.2, -0.15) is 0 Å². The zero-order valence-corrected chi connectivity index (χ0v) is 22.4. The van der Waals surface area contributed by atoms with Gasteiger partial charge in [0.1, 0.15) is 16.3 Å². The van der Waals surface area contributed by atoms with Crippen LogP contribution in [0.3, 0.4) is 0 Å². The van der Waals surface area contributed by atoms with Crippen molar-refractivity contribution in [2.75, 3.05) is 26.1 Å². The highest BCUT2D eigenvalue weighted by atomic mass is 35.5. The minimum atomic E-state index is -3.63. The van der Waals surface area contributed by atoms with Crippen molar-refractivity contribution in [2.45, 2.75) is 43.4 Å². The SMILES string of the molecule is COc1cccc2cc(-c3cc(Cl)c([C@]4(C)CS(=O)(=O)[C@@](C)(CC5CCOCC5)C(=N)N4)s3)[nH]c12. The van der Waals surface area contributed by atoms with E-state index in [1.807, 2.05) is 37.3 Å². The molecule has 0 aliphatic carbocycles. The standard InChI is InChI=1S/C25H30ClN3O4S2/c1-24(14-35(30,31)25(2,23(27)29-24)13-15-7-9-33-10-8-15)22-17(26)12-20(34-22)18-11-16-5-4-6-19(32-3)21(16)28-18/h4-6,11-12,15,28H,7-10,13-14H2,1-3H3,(H2,27,29)/t24-,25-/m0/s1. The number of sulfone groups is 1. The van der Waals surface area contributed by atoms with Crippen LogP contribution in [0.25, 0.3) is 21.5 Å². The van der Waals surface area contributed by atoms with Gasteiger partial charge in [0.15, 0.2) is 9.84 Å². The smallest absolute Gasteiger partial charge is 0.165 e. The molecule has 0 amide bonds. The van der Waals surface area contributed by atoms with E-state index < -0.39 is 20.1 Å². The fraction of sp³-hybridized carbons (Fsp3) is 0.480. The summed E-state index contributed by atoms with van der Waals surface area (Å²) < 4.78 is 37.0. The van der Waals surface area contributed by atoms with E-state index in [4.69, 9.17) is 26.5 Å². The summed E-state index contributed by atoms with van der Waals surface area (Å²) in [5, 5.41) is 13.6. The van der Waals surface area contributed by atoms with Gasteiger partial charge in [-0.05, 0) is 57.2 Å². The zero-order valence-electron chi connectivity index (χ0n) is 20.0. The van der Waals surface area contributed by atoms with Gasteiger partial charge < -0.3 is 19.8 Å². The van der Waals surface area contributed by atoms with Crippen molar-refractivity contribution in [1.29, 1.82) is 5.41 Å². The number of thiophene rings is 1. The second-order valence-corrected chi connectivity index (χ2v) is 13.9. The molecule has 7 nitrogen and oxygen atoms in total. The summed E-state index contributed by atoms with van der Waals surface area (Å²) in [6.07, 6.45) is 2.08. The lowest BCUT2D eigenvalue weighted by atomic mass is 9.87. The highest BCUT2D eigenvalue weighted by Gasteiger charge is 2.54. The van der Waals surface area contributed by atoms with Crippen molar-refractivity contribution in [3.63, 3.8) is 0 Å². The molecule has 0 bridgehead atoms. The molecule has 0 unspecified atom stereocenters. The van der Waals surface area contributed by atoms with E-state index in [-0.39, 0.29) is 17.5 Å². The number of rotatable bonds is 5. The first kappa shape index (κ1) is 24.6. The van der Waals surface area contributed by atoms with E-state index in [9.17, 15) is 8.42 Å². The fourth-order valence-electron chi connectivity index (χ4n) is 5.30. The molecule has 2 aliphatic rings. The monoisotopic (exact) mass is 535 g/mol. The Kier molecular flexibility index (Phi) is 6.19. The molecule has 2 aliphatic heterocycles. The van der Waals surface area contributed by atoms with E-state index in [1.165, 1.54) is 11.3 Å². The Morgan fingerprint density at radius 2 is 2.00 bits per heavy atom. The van der Waals surface area contributed by atoms with Crippen LogP contribution in [-0.2, 0) is 20.1 Å². The van der Waals surface area contributed by atoms with Crippen molar-refractivity contribution in [2.24, 2.45) is 5.92 Å². The lowest BCUT2D eigenvalue weighted by molar-refractivity contribution is 0.0623. The van der Waals surface area contributed by atoms with E-state index in [0.717, 1.165) is 40.1 Å². The van der Waals surface area contributed by atoms with Gasteiger partial charge in [0.25, 0.3) is 0 Å². The van der Waals surface area contributed by atoms with Crippen LogP contribution in [0.1, 0.15) is 38.0 Å². The van der Waals surface area contributed by atoms with Gasteiger partial charge in [-0.15, -0.1) is 11.3 Å². The number of benzene rings is 1. The highest BCUT2D eigenvalue weighted by molar-refractivity contribution is 7.93. The maximum absolute atomic E-state index is 13.7. The first-order valence-corrected chi connectivity index (χ1v) is 14.5. The molecule has 35 heavy (non-hydrogen) atoms. The van der Waals surface area contributed by atoms with Crippen LogP contribution in [0.5, 0.6) is 5.75 Å². The van der Waals surface area contributed by atoms with Crippen molar-refractivity contribution >= 4 is 49.5 Å². The van der Waals surface area contributed by atoms with Crippen LogP contribution < -0.4 is 10.1 Å². The van der Waals surface area contributed by atoms with Gasteiger partial charge >= 0.3 is 0 Å². The number of H-pyrrole nitrogens is 1. The van der Waals surface area contributed by atoms with E-state index in [1.54, 1.807) is 14.0 Å². The van der Waals surface area contributed by atoms with Crippen molar-refractivity contribution in [3.05, 3.63) is 40.2 Å². The summed E-state index contributed by atoms with van der Waals surface area (Å²) in [5.41, 5.74) is 0.782. The number of methoxy groups -OCH3 is 1. The molecule has 10 heteroatoms. The Morgan fingerprint density at radius 1 is 1.26 bits per heavy atom. The number of hydrogen-bond donors (Lipinski definition) is 3. The minimum Gasteiger partial charge on any atom is -0.495 e. The number of fused-ring (bicyclic) bond motifs is 1. The molecule has 5 rings (SSSR count). The Bertz CT molecular complexity index is 1390. The number of amidine groups is 1. The number of ether oxygens (including phenoxy) is 2.